The van der Waals surface area contributed by atoms with E-state index in [9.17, 15) is 0 Å². The first kappa shape index (κ1) is 11.6. The SMILES string of the molecule is CCNC(c1cc(C)nn1C)C1CCOC1. The summed E-state index contributed by atoms with van der Waals surface area (Å²) in [6.07, 6.45) is 1.14. The van der Waals surface area contributed by atoms with E-state index in [0.717, 1.165) is 31.9 Å². The van der Waals surface area contributed by atoms with E-state index in [1.54, 1.807) is 0 Å². The van der Waals surface area contributed by atoms with Crippen LogP contribution < -0.4 is 5.32 Å². The van der Waals surface area contributed by atoms with E-state index in [4.69, 9.17) is 4.74 Å². The monoisotopic (exact) mass is 223 g/mol. The molecule has 1 aliphatic heterocycles. The fourth-order valence-corrected chi connectivity index (χ4v) is 2.47. The second kappa shape index (κ2) is 4.97. The molecular weight excluding hydrogens is 202 g/mol. The Labute approximate surface area is 97.0 Å². The van der Waals surface area contributed by atoms with Gasteiger partial charge in [-0.1, -0.05) is 6.92 Å². The van der Waals surface area contributed by atoms with E-state index in [1.807, 2.05) is 18.7 Å². The average molecular weight is 223 g/mol. The van der Waals surface area contributed by atoms with Gasteiger partial charge in [0.25, 0.3) is 0 Å². The molecule has 1 aromatic heterocycles. The Hall–Kier alpha value is -0.870. The van der Waals surface area contributed by atoms with Crippen LogP contribution in [0.1, 0.15) is 30.8 Å². The van der Waals surface area contributed by atoms with Gasteiger partial charge in [0.05, 0.1) is 24.0 Å². The van der Waals surface area contributed by atoms with Crippen LogP contribution in [0, 0.1) is 12.8 Å². The minimum atomic E-state index is 0.374. The van der Waals surface area contributed by atoms with Gasteiger partial charge in [0.2, 0.25) is 0 Å². The Morgan fingerprint density at radius 2 is 2.50 bits per heavy atom. The number of nitrogens with zero attached hydrogens (tertiary/aromatic N) is 2. The van der Waals surface area contributed by atoms with Crippen molar-refractivity contribution in [1.82, 2.24) is 15.1 Å². The van der Waals surface area contributed by atoms with Gasteiger partial charge >= 0.3 is 0 Å². The highest BCUT2D eigenvalue weighted by molar-refractivity contribution is 5.14. The van der Waals surface area contributed by atoms with Crippen molar-refractivity contribution >= 4 is 0 Å². The van der Waals surface area contributed by atoms with Crippen LogP contribution in [0.15, 0.2) is 6.07 Å². The number of nitrogens with one attached hydrogen (secondary N) is 1. The standard InChI is InChI=1S/C12H21N3O/c1-4-13-12(10-5-6-16-8-10)11-7-9(2)14-15(11)3/h7,10,12-13H,4-6,8H2,1-3H3. The Balaban J connectivity index is 2.20. The summed E-state index contributed by atoms with van der Waals surface area (Å²) in [5.74, 6) is 0.578. The molecule has 0 amide bonds. The van der Waals surface area contributed by atoms with Crippen molar-refractivity contribution in [3.63, 3.8) is 0 Å². The summed E-state index contributed by atoms with van der Waals surface area (Å²) in [5.41, 5.74) is 2.36. The molecule has 0 aliphatic carbocycles. The van der Waals surface area contributed by atoms with Crippen molar-refractivity contribution in [2.24, 2.45) is 13.0 Å². The zero-order valence-corrected chi connectivity index (χ0v) is 10.4. The van der Waals surface area contributed by atoms with Gasteiger partial charge in [-0.25, -0.2) is 0 Å². The minimum Gasteiger partial charge on any atom is -0.381 e. The fraction of sp³-hybridized carbons (Fsp3) is 0.750. The Kier molecular flexibility index (Phi) is 3.61. The van der Waals surface area contributed by atoms with Crippen molar-refractivity contribution in [3.8, 4) is 0 Å². The Bertz CT molecular complexity index is 342. The molecule has 2 heterocycles. The van der Waals surface area contributed by atoms with E-state index in [1.165, 1.54) is 5.69 Å². The highest BCUT2D eigenvalue weighted by atomic mass is 16.5. The first-order chi connectivity index (χ1) is 7.72. The van der Waals surface area contributed by atoms with Crippen molar-refractivity contribution in [2.75, 3.05) is 19.8 Å². The molecule has 0 bridgehead atoms. The number of aryl methyl sites for hydroxylation is 2. The van der Waals surface area contributed by atoms with Crippen molar-refractivity contribution in [3.05, 3.63) is 17.5 Å². The molecule has 2 unspecified atom stereocenters. The molecule has 4 heteroatoms. The van der Waals surface area contributed by atoms with Crippen LogP contribution in [0.25, 0.3) is 0 Å². The highest BCUT2D eigenvalue weighted by Crippen LogP contribution is 2.28. The molecule has 1 N–H and O–H groups in total. The van der Waals surface area contributed by atoms with Gasteiger partial charge in [-0.3, -0.25) is 4.68 Å². The molecule has 1 saturated heterocycles. The van der Waals surface area contributed by atoms with Gasteiger partial charge < -0.3 is 10.1 Å². The number of ether oxygens (including phenoxy) is 1. The normalized spacial score (nSPS) is 22.6. The van der Waals surface area contributed by atoms with Gasteiger partial charge in [0.1, 0.15) is 0 Å². The molecule has 0 spiro atoms. The topological polar surface area (TPSA) is 39.1 Å². The van der Waals surface area contributed by atoms with Crippen LogP contribution in [0.4, 0.5) is 0 Å². The highest BCUT2D eigenvalue weighted by Gasteiger charge is 2.28. The summed E-state index contributed by atoms with van der Waals surface area (Å²) in [6, 6.07) is 2.55. The lowest BCUT2D eigenvalue weighted by Crippen LogP contribution is -2.30. The molecule has 1 fully saturated rings. The molecule has 0 saturated carbocycles. The largest absolute Gasteiger partial charge is 0.381 e. The number of hydrogen-bond acceptors (Lipinski definition) is 3. The van der Waals surface area contributed by atoms with E-state index in [-0.39, 0.29) is 0 Å². The summed E-state index contributed by atoms with van der Waals surface area (Å²) in [6.45, 7) is 6.92. The van der Waals surface area contributed by atoms with Crippen molar-refractivity contribution in [2.45, 2.75) is 26.3 Å². The number of aromatic nitrogens is 2. The molecule has 0 radical (unpaired) electrons. The molecule has 90 valence electrons. The van der Waals surface area contributed by atoms with Gasteiger partial charge in [-0.2, -0.15) is 5.10 Å². The van der Waals surface area contributed by atoms with Gasteiger partial charge in [-0.05, 0) is 26.0 Å². The maximum Gasteiger partial charge on any atom is 0.0597 e. The first-order valence-electron chi connectivity index (χ1n) is 6.04. The Morgan fingerprint density at radius 1 is 1.69 bits per heavy atom. The molecule has 2 rings (SSSR count). The molecule has 16 heavy (non-hydrogen) atoms. The van der Waals surface area contributed by atoms with Crippen LogP contribution in [0.5, 0.6) is 0 Å². The molecule has 4 nitrogen and oxygen atoms in total. The zero-order chi connectivity index (χ0) is 11.5. The summed E-state index contributed by atoms with van der Waals surface area (Å²) >= 11 is 0. The lowest BCUT2D eigenvalue weighted by atomic mass is 9.96. The van der Waals surface area contributed by atoms with Gasteiger partial charge in [0.15, 0.2) is 0 Å². The van der Waals surface area contributed by atoms with E-state index < -0.39 is 0 Å². The third kappa shape index (κ3) is 2.28. The van der Waals surface area contributed by atoms with E-state index >= 15 is 0 Å². The van der Waals surface area contributed by atoms with Crippen LogP contribution in [-0.4, -0.2) is 29.5 Å². The smallest absolute Gasteiger partial charge is 0.0597 e. The van der Waals surface area contributed by atoms with Crippen LogP contribution in [0.3, 0.4) is 0 Å². The van der Waals surface area contributed by atoms with Gasteiger partial charge in [-0.15, -0.1) is 0 Å². The lowest BCUT2D eigenvalue weighted by Gasteiger charge is -2.23. The minimum absolute atomic E-state index is 0.374. The maximum absolute atomic E-state index is 5.48. The predicted octanol–water partition coefficient (Wildman–Crippen LogP) is 1.42. The summed E-state index contributed by atoms with van der Waals surface area (Å²) in [7, 11) is 2.02. The van der Waals surface area contributed by atoms with E-state index in [0.29, 0.717) is 12.0 Å². The second-order valence-corrected chi connectivity index (χ2v) is 4.49. The molecule has 0 aromatic carbocycles. The van der Waals surface area contributed by atoms with Crippen molar-refractivity contribution < 1.29 is 4.74 Å². The molecule has 1 aliphatic rings. The second-order valence-electron chi connectivity index (χ2n) is 4.49. The van der Waals surface area contributed by atoms with E-state index in [2.05, 4.69) is 23.4 Å². The third-order valence-corrected chi connectivity index (χ3v) is 3.22. The third-order valence-electron chi connectivity index (χ3n) is 3.22. The van der Waals surface area contributed by atoms with Crippen LogP contribution in [-0.2, 0) is 11.8 Å². The zero-order valence-electron chi connectivity index (χ0n) is 10.4. The summed E-state index contributed by atoms with van der Waals surface area (Å²) in [4.78, 5) is 0. The summed E-state index contributed by atoms with van der Waals surface area (Å²) < 4.78 is 7.47. The molecule has 2 atom stereocenters. The van der Waals surface area contributed by atoms with Crippen LogP contribution >= 0.6 is 0 Å². The summed E-state index contributed by atoms with van der Waals surface area (Å²) in [5, 5.41) is 7.98. The number of rotatable bonds is 4. The van der Waals surface area contributed by atoms with Crippen LogP contribution in [0.2, 0.25) is 0 Å². The first-order valence-corrected chi connectivity index (χ1v) is 6.04. The number of hydrogen-bond donors (Lipinski definition) is 1. The quantitative estimate of drug-likeness (QED) is 0.839. The predicted molar refractivity (Wildman–Crippen MR) is 63.3 cm³/mol. The molecular formula is C12H21N3O. The maximum atomic E-state index is 5.48. The fourth-order valence-electron chi connectivity index (χ4n) is 2.47. The average Bonchev–Trinajstić information content (AvgIpc) is 2.85. The Morgan fingerprint density at radius 3 is 3.00 bits per heavy atom. The van der Waals surface area contributed by atoms with Gasteiger partial charge in [0, 0.05) is 19.6 Å². The van der Waals surface area contributed by atoms with Crippen molar-refractivity contribution in [1.29, 1.82) is 0 Å². The lowest BCUT2D eigenvalue weighted by molar-refractivity contribution is 0.176. The molecule has 1 aromatic rings.